The van der Waals surface area contributed by atoms with E-state index in [2.05, 4.69) is 10.3 Å². The van der Waals surface area contributed by atoms with E-state index >= 15 is 0 Å². The van der Waals surface area contributed by atoms with Crippen molar-refractivity contribution in [1.82, 2.24) is 4.98 Å². The lowest BCUT2D eigenvalue weighted by Gasteiger charge is -2.13. The fraction of sp³-hybridized carbons (Fsp3) is 0.400. The number of carbonyl (C=O) groups is 1. The normalized spacial score (nSPS) is 18.6. The fourth-order valence-electron chi connectivity index (χ4n) is 3.39. The zero-order valence-electron chi connectivity index (χ0n) is 15.3. The molecule has 0 bridgehead atoms. The summed E-state index contributed by atoms with van der Waals surface area (Å²) in [5.41, 5.74) is 4.69. The third-order valence-corrected chi connectivity index (χ3v) is 4.74. The maximum absolute atomic E-state index is 12.7. The monoisotopic (exact) mass is 340 g/mol. The number of benzene rings is 1. The van der Waals surface area contributed by atoms with Crippen LogP contribution in [0.15, 0.2) is 24.3 Å². The van der Waals surface area contributed by atoms with Gasteiger partial charge in [0.2, 0.25) is 5.91 Å². The summed E-state index contributed by atoms with van der Waals surface area (Å²) in [7, 11) is 3.28. The Labute approximate surface area is 148 Å². The smallest absolute Gasteiger partial charge is 0.228 e. The number of nitrogens with one attached hydrogen (secondary N) is 1. The molecule has 2 unspecified atom stereocenters. The van der Waals surface area contributed by atoms with Crippen LogP contribution in [0.3, 0.4) is 0 Å². The molecule has 2 atom stereocenters. The van der Waals surface area contributed by atoms with Crippen LogP contribution in [-0.4, -0.2) is 25.1 Å². The Morgan fingerprint density at radius 3 is 2.56 bits per heavy atom. The highest BCUT2D eigenvalue weighted by Crippen LogP contribution is 2.51. The molecule has 2 aromatic rings. The molecule has 5 nitrogen and oxygen atoms in total. The molecule has 3 rings (SSSR count). The van der Waals surface area contributed by atoms with Crippen LogP contribution >= 0.6 is 0 Å². The molecule has 0 radical (unpaired) electrons. The van der Waals surface area contributed by atoms with E-state index in [0.717, 1.165) is 46.1 Å². The van der Waals surface area contributed by atoms with E-state index < -0.39 is 0 Å². The predicted molar refractivity (Wildman–Crippen MR) is 97.5 cm³/mol. The average molecular weight is 340 g/mol. The highest BCUT2D eigenvalue weighted by molar-refractivity contribution is 5.96. The van der Waals surface area contributed by atoms with Crippen molar-refractivity contribution in [3.8, 4) is 11.5 Å². The number of rotatable bonds is 5. The van der Waals surface area contributed by atoms with Gasteiger partial charge in [-0.05, 0) is 57.0 Å². The summed E-state index contributed by atoms with van der Waals surface area (Å²) in [5.74, 6) is 1.71. The van der Waals surface area contributed by atoms with Gasteiger partial charge in [0.1, 0.15) is 11.5 Å². The molecule has 1 aliphatic rings. The third kappa shape index (κ3) is 3.45. The van der Waals surface area contributed by atoms with Gasteiger partial charge in [-0.3, -0.25) is 9.78 Å². The fourth-order valence-corrected chi connectivity index (χ4v) is 3.39. The van der Waals surface area contributed by atoms with E-state index in [4.69, 9.17) is 9.47 Å². The molecule has 1 N–H and O–H groups in total. The zero-order chi connectivity index (χ0) is 18.1. The van der Waals surface area contributed by atoms with Crippen LogP contribution in [0, 0.1) is 26.7 Å². The van der Waals surface area contributed by atoms with Crippen molar-refractivity contribution in [2.24, 2.45) is 5.92 Å². The lowest BCUT2D eigenvalue weighted by Crippen LogP contribution is -2.17. The molecule has 1 aromatic heterocycles. The molecule has 132 valence electrons. The first kappa shape index (κ1) is 17.3. The number of carbonyl (C=O) groups excluding carboxylic acids is 1. The molecule has 1 fully saturated rings. The molecule has 1 saturated carbocycles. The standard InChI is InChI=1S/C20H24N2O3/c1-11-8-12(2)21-13(3)19(11)22-20(23)17-10-15(17)16-9-14(24-4)6-7-18(16)25-5/h6-9,15,17H,10H2,1-5H3,(H,22,23). The summed E-state index contributed by atoms with van der Waals surface area (Å²) in [6, 6.07) is 7.70. The van der Waals surface area contributed by atoms with Crippen molar-refractivity contribution < 1.29 is 14.3 Å². The number of hydrogen-bond acceptors (Lipinski definition) is 4. The number of methoxy groups -OCH3 is 2. The lowest BCUT2D eigenvalue weighted by molar-refractivity contribution is -0.117. The second kappa shape index (κ2) is 6.75. The van der Waals surface area contributed by atoms with Crippen molar-refractivity contribution in [2.75, 3.05) is 19.5 Å². The van der Waals surface area contributed by atoms with Gasteiger partial charge in [0, 0.05) is 23.1 Å². The maximum atomic E-state index is 12.7. The SMILES string of the molecule is COc1ccc(OC)c(C2CC2C(=O)Nc2c(C)cc(C)nc2C)c1. The summed E-state index contributed by atoms with van der Waals surface area (Å²) in [4.78, 5) is 17.1. The second-order valence-corrected chi connectivity index (χ2v) is 6.59. The first-order valence-electron chi connectivity index (χ1n) is 8.42. The molecule has 1 aromatic carbocycles. The molecular formula is C20H24N2O3. The quantitative estimate of drug-likeness (QED) is 0.900. The average Bonchev–Trinajstić information content (AvgIpc) is 3.38. The number of aryl methyl sites for hydroxylation is 3. The predicted octanol–water partition coefficient (Wildman–Crippen LogP) is 3.77. The van der Waals surface area contributed by atoms with Gasteiger partial charge in [-0.15, -0.1) is 0 Å². The third-order valence-electron chi connectivity index (χ3n) is 4.74. The highest BCUT2D eigenvalue weighted by atomic mass is 16.5. The first-order chi connectivity index (χ1) is 11.9. The van der Waals surface area contributed by atoms with Crippen molar-refractivity contribution in [3.05, 3.63) is 46.8 Å². The van der Waals surface area contributed by atoms with Gasteiger partial charge in [-0.2, -0.15) is 0 Å². The van der Waals surface area contributed by atoms with Crippen LogP contribution < -0.4 is 14.8 Å². The largest absolute Gasteiger partial charge is 0.497 e. The van der Waals surface area contributed by atoms with Crippen LogP contribution in [0.5, 0.6) is 11.5 Å². The van der Waals surface area contributed by atoms with Gasteiger partial charge in [-0.1, -0.05) is 0 Å². The molecular weight excluding hydrogens is 316 g/mol. The van der Waals surface area contributed by atoms with Gasteiger partial charge < -0.3 is 14.8 Å². The van der Waals surface area contributed by atoms with Crippen LogP contribution in [0.25, 0.3) is 0 Å². The van der Waals surface area contributed by atoms with Gasteiger partial charge in [-0.25, -0.2) is 0 Å². The van der Waals surface area contributed by atoms with Crippen molar-refractivity contribution in [2.45, 2.75) is 33.1 Å². The summed E-state index contributed by atoms with van der Waals surface area (Å²) >= 11 is 0. The summed E-state index contributed by atoms with van der Waals surface area (Å²) in [5, 5.41) is 3.06. The van der Waals surface area contributed by atoms with E-state index in [9.17, 15) is 4.79 Å². The molecule has 25 heavy (non-hydrogen) atoms. The second-order valence-electron chi connectivity index (χ2n) is 6.59. The number of aromatic nitrogens is 1. The Hall–Kier alpha value is -2.56. The van der Waals surface area contributed by atoms with Crippen LogP contribution in [0.4, 0.5) is 5.69 Å². The van der Waals surface area contributed by atoms with E-state index in [0.29, 0.717) is 0 Å². The van der Waals surface area contributed by atoms with E-state index in [1.807, 2.05) is 45.0 Å². The number of amides is 1. The van der Waals surface area contributed by atoms with Crippen molar-refractivity contribution >= 4 is 11.6 Å². The minimum Gasteiger partial charge on any atom is -0.497 e. The van der Waals surface area contributed by atoms with E-state index in [1.165, 1.54) is 0 Å². The van der Waals surface area contributed by atoms with Crippen molar-refractivity contribution in [1.29, 1.82) is 0 Å². The highest BCUT2D eigenvalue weighted by Gasteiger charge is 2.45. The Morgan fingerprint density at radius 2 is 1.92 bits per heavy atom. The topological polar surface area (TPSA) is 60.5 Å². The Kier molecular flexibility index (Phi) is 4.66. The van der Waals surface area contributed by atoms with Crippen LogP contribution in [0.2, 0.25) is 0 Å². The van der Waals surface area contributed by atoms with Gasteiger partial charge >= 0.3 is 0 Å². The molecule has 0 aliphatic heterocycles. The summed E-state index contributed by atoms with van der Waals surface area (Å²) in [6.45, 7) is 5.87. The van der Waals surface area contributed by atoms with Gasteiger partial charge in [0.25, 0.3) is 0 Å². The van der Waals surface area contributed by atoms with E-state index in [-0.39, 0.29) is 17.7 Å². The minimum absolute atomic E-state index is 0.0340. The minimum atomic E-state index is -0.0545. The van der Waals surface area contributed by atoms with Crippen LogP contribution in [0.1, 0.15) is 34.9 Å². The molecule has 0 spiro atoms. The lowest BCUT2D eigenvalue weighted by atomic mass is 10.1. The van der Waals surface area contributed by atoms with Crippen LogP contribution in [-0.2, 0) is 4.79 Å². The van der Waals surface area contributed by atoms with Gasteiger partial charge in [0.05, 0.1) is 25.6 Å². The van der Waals surface area contributed by atoms with E-state index in [1.54, 1.807) is 14.2 Å². The first-order valence-corrected chi connectivity index (χ1v) is 8.42. The molecule has 1 aliphatic carbocycles. The van der Waals surface area contributed by atoms with Gasteiger partial charge in [0.15, 0.2) is 0 Å². The number of pyridine rings is 1. The number of ether oxygens (including phenoxy) is 2. The summed E-state index contributed by atoms with van der Waals surface area (Å²) < 4.78 is 10.7. The number of anilines is 1. The zero-order valence-corrected chi connectivity index (χ0v) is 15.3. The Morgan fingerprint density at radius 1 is 1.16 bits per heavy atom. The number of nitrogens with zero attached hydrogens (tertiary/aromatic N) is 1. The molecule has 5 heteroatoms. The molecule has 1 amide bonds. The van der Waals surface area contributed by atoms with Crippen molar-refractivity contribution in [3.63, 3.8) is 0 Å². The number of hydrogen-bond donors (Lipinski definition) is 1. The molecule has 0 saturated heterocycles. The summed E-state index contributed by atoms with van der Waals surface area (Å²) in [6.07, 6.45) is 0.812. The maximum Gasteiger partial charge on any atom is 0.228 e. The molecule has 1 heterocycles. The Balaban J connectivity index is 1.77. The Bertz CT molecular complexity index is 794.